The molecule has 1 saturated heterocycles. The molecule has 6 heteroatoms. The van der Waals surface area contributed by atoms with Crippen molar-refractivity contribution in [2.45, 2.75) is 57.2 Å². The smallest absolute Gasteiger partial charge is 0.256 e. The maximum Gasteiger partial charge on any atom is 0.256 e. The number of amides is 2. The van der Waals surface area contributed by atoms with Crippen LogP contribution in [-0.4, -0.2) is 41.6 Å². The number of nitrogens with zero attached hydrogens (tertiary/aromatic N) is 1. The van der Waals surface area contributed by atoms with E-state index in [1.54, 1.807) is 4.90 Å². The Morgan fingerprint density at radius 1 is 1.19 bits per heavy atom. The molecular weight excluding hydrogens is 347 g/mol. The summed E-state index contributed by atoms with van der Waals surface area (Å²) in [5, 5.41) is 2.99. The highest BCUT2D eigenvalue weighted by atomic mass is 19.1. The molecule has 2 saturated carbocycles. The summed E-state index contributed by atoms with van der Waals surface area (Å²) in [7, 11) is 0. The first-order valence-electron chi connectivity index (χ1n) is 9.99. The van der Waals surface area contributed by atoms with E-state index in [-0.39, 0.29) is 24.2 Å². The lowest BCUT2D eigenvalue weighted by molar-refractivity contribution is -0.127. The zero-order chi connectivity index (χ0) is 19.0. The zero-order valence-corrected chi connectivity index (χ0v) is 15.7. The van der Waals surface area contributed by atoms with Gasteiger partial charge in [0.2, 0.25) is 5.91 Å². The van der Waals surface area contributed by atoms with Gasteiger partial charge in [0, 0.05) is 12.1 Å². The zero-order valence-electron chi connectivity index (χ0n) is 15.7. The van der Waals surface area contributed by atoms with Crippen LogP contribution in [0.5, 0.6) is 0 Å². The number of carbonyl (C=O) groups excluding carboxylic acids is 2. The topological polar surface area (TPSA) is 58.6 Å². The van der Waals surface area contributed by atoms with Crippen LogP contribution >= 0.6 is 0 Å². The average Bonchev–Trinajstić information content (AvgIpc) is 3.43. The summed E-state index contributed by atoms with van der Waals surface area (Å²) < 4.78 is 19.4. The number of rotatable bonds is 4. The largest absolute Gasteiger partial charge is 0.354 e. The van der Waals surface area contributed by atoms with E-state index in [2.05, 4.69) is 12.2 Å². The van der Waals surface area contributed by atoms with Crippen LogP contribution in [0.1, 0.15) is 55.8 Å². The predicted molar refractivity (Wildman–Crippen MR) is 98.4 cm³/mol. The number of carbonyl (C=O) groups is 2. The lowest BCUT2D eigenvalue weighted by Gasteiger charge is -2.43. The molecular formula is C21H27FN2O3. The van der Waals surface area contributed by atoms with Gasteiger partial charge in [0.15, 0.2) is 0 Å². The van der Waals surface area contributed by atoms with Crippen LogP contribution in [0.25, 0.3) is 0 Å². The number of hydrogen-bond acceptors (Lipinski definition) is 3. The molecule has 1 atom stereocenters. The van der Waals surface area contributed by atoms with E-state index >= 15 is 0 Å². The minimum atomic E-state index is -0.723. The molecule has 0 aromatic heterocycles. The van der Waals surface area contributed by atoms with Crippen LogP contribution in [0.2, 0.25) is 0 Å². The van der Waals surface area contributed by atoms with Gasteiger partial charge in [-0.05, 0) is 74.6 Å². The highest BCUT2D eigenvalue weighted by Gasteiger charge is 2.53. The summed E-state index contributed by atoms with van der Waals surface area (Å²) in [6.07, 6.45) is 5.69. The monoisotopic (exact) mass is 374 g/mol. The van der Waals surface area contributed by atoms with Crippen LogP contribution in [0.4, 0.5) is 4.39 Å². The number of hydrogen-bond donors (Lipinski definition) is 1. The van der Waals surface area contributed by atoms with E-state index in [9.17, 15) is 14.0 Å². The Hall–Kier alpha value is -1.95. The molecule has 2 aliphatic carbocycles. The molecule has 0 radical (unpaired) electrons. The van der Waals surface area contributed by atoms with Crippen molar-refractivity contribution in [1.29, 1.82) is 0 Å². The third kappa shape index (κ3) is 3.72. The minimum Gasteiger partial charge on any atom is -0.354 e. The molecule has 1 spiro atoms. The second-order valence-corrected chi connectivity index (χ2v) is 8.33. The normalized spacial score (nSPS) is 30.5. The van der Waals surface area contributed by atoms with Gasteiger partial charge in [0.05, 0.1) is 6.61 Å². The first-order valence-corrected chi connectivity index (χ1v) is 9.99. The second-order valence-electron chi connectivity index (χ2n) is 8.33. The van der Waals surface area contributed by atoms with Crippen LogP contribution in [-0.2, 0) is 9.53 Å². The highest BCUT2D eigenvalue weighted by Crippen LogP contribution is 2.43. The molecule has 0 unspecified atom stereocenters. The summed E-state index contributed by atoms with van der Waals surface area (Å²) >= 11 is 0. The van der Waals surface area contributed by atoms with Crippen molar-refractivity contribution in [3.8, 4) is 0 Å². The van der Waals surface area contributed by atoms with Crippen LogP contribution in [0.3, 0.4) is 0 Å². The van der Waals surface area contributed by atoms with Gasteiger partial charge in [-0.3, -0.25) is 14.5 Å². The first kappa shape index (κ1) is 18.4. The van der Waals surface area contributed by atoms with Gasteiger partial charge in [-0.15, -0.1) is 0 Å². The summed E-state index contributed by atoms with van der Waals surface area (Å²) in [5.41, 5.74) is -0.334. The summed E-state index contributed by atoms with van der Waals surface area (Å²) in [5.74, 6) is 0.373. The number of halogens is 1. The molecule has 1 aromatic carbocycles. The highest BCUT2D eigenvalue weighted by molar-refractivity contribution is 5.98. The van der Waals surface area contributed by atoms with Crippen molar-refractivity contribution in [3.63, 3.8) is 0 Å². The van der Waals surface area contributed by atoms with E-state index in [1.807, 2.05) is 0 Å². The van der Waals surface area contributed by atoms with Crippen molar-refractivity contribution < 1.29 is 18.7 Å². The molecule has 27 heavy (non-hydrogen) atoms. The number of ether oxygens (including phenoxy) is 1. The Morgan fingerprint density at radius 3 is 2.48 bits per heavy atom. The SMILES string of the molecule is CC1CCC2(CC1)OC[C@@H](C(=O)NCC1CC1)N2C(=O)c1ccc(F)cc1. The molecule has 3 aliphatic rings. The van der Waals surface area contributed by atoms with Gasteiger partial charge in [-0.2, -0.15) is 0 Å². The van der Waals surface area contributed by atoms with Gasteiger partial charge >= 0.3 is 0 Å². The van der Waals surface area contributed by atoms with Crippen molar-refractivity contribution in [3.05, 3.63) is 35.6 Å². The molecule has 0 bridgehead atoms. The van der Waals surface area contributed by atoms with Crippen LogP contribution in [0.15, 0.2) is 24.3 Å². The molecule has 146 valence electrons. The van der Waals surface area contributed by atoms with Crippen LogP contribution in [0, 0.1) is 17.7 Å². The second kappa shape index (κ2) is 7.23. The predicted octanol–water partition coefficient (Wildman–Crippen LogP) is 3.10. The maximum atomic E-state index is 13.3. The molecule has 5 nitrogen and oxygen atoms in total. The molecule has 1 aliphatic heterocycles. The van der Waals surface area contributed by atoms with E-state index in [0.29, 0.717) is 23.9 Å². The van der Waals surface area contributed by atoms with Gasteiger partial charge in [-0.25, -0.2) is 4.39 Å². The summed E-state index contributed by atoms with van der Waals surface area (Å²) in [6, 6.07) is 4.89. The van der Waals surface area contributed by atoms with Gasteiger partial charge in [-0.1, -0.05) is 6.92 Å². The number of benzene rings is 1. The Bertz CT molecular complexity index is 709. The van der Waals surface area contributed by atoms with Gasteiger partial charge < -0.3 is 10.1 Å². The van der Waals surface area contributed by atoms with E-state index in [4.69, 9.17) is 4.74 Å². The van der Waals surface area contributed by atoms with Crippen molar-refractivity contribution in [1.82, 2.24) is 10.2 Å². The van der Waals surface area contributed by atoms with Crippen molar-refractivity contribution >= 4 is 11.8 Å². The third-order valence-corrected chi connectivity index (χ3v) is 6.19. The lowest BCUT2D eigenvalue weighted by Crippen LogP contribution is -2.57. The van der Waals surface area contributed by atoms with Gasteiger partial charge in [0.1, 0.15) is 17.6 Å². The standard InChI is InChI=1S/C21H27FN2O3/c1-14-8-10-21(11-9-14)24(20(26)16-4-6-17(22)7-5-16)18(13-27-21)19(25)23-12-15-2-3-15/h4-7,14-15,18H,2-3,8-13H2,1H3,(H,23,25)/t14?,18-,21?/m0/s1. The average molecular weight is 374 g/mol. The molecule has 2 amide bonds. The lowest BCUT2D eigenvalue weighted by atomic mass is 9.83. The van der Waals surface area contributed by atoms with Crippen molar-refractivity contribution in [2.24, 2.45) is 11.8 Å². The van der Waals surface area contributed by atoms with E-state index < -0.39 is 11.8 Å². The van der Waals surface area contributed by atoms with Crippen LogP contribution < -0.4 is 5.32 Å². The molecule has 1 N–H and O–H groups in total. The molecule has 4 rings (SSSR count). The molecule has 1 aromatic rings. The first-order chi connectivity index (χ1) is 13.0. The number of nitrogens with one attached hydrogen (secondary N) is 1. The third-order valence-electron chi connectivity index (χ3n) is 6.19. The van der Waals surface area contributed by atoms with E-state index in [1.165, 1.54) is 24.3 Å². The maximum absolute atomic E-state index is 13.3. The quantitative estimate of drug-likeness (QED) is 0.881. The Balaban J connectivity index is 1.59. The fraction of sp³-hybridized carbons (Fsp3) is 0.619. The molecule has 3 fully saturated rings. The van der Waals surface area contributed by atoms with Crippen molar-refractivity contribution in [2.75, 3.05) is 13.2 Å². The van der Waals surface area contributed by atoms with E-state index in [0.717, 1.165) is 38.5 Å². The Kier molecular flexibility index (Phi) is 4.93. The fourth-order valence-corrected chi connectivity index (χ4v) is 4.20. The Morgan fingerprint density at radius 2 is 1.85 bits per heavy atom. The summed E-state index contributed by atoms with van der Waals surface area (Å²) in [6.45, 7) is 3.09. The Labute approximate surface area is 159 Å². The van der Waals surface area contributed by atoms with Gasteiger partial charge in [0.25, 0.3) is 5.91 Å². The fourth-order valence-electron chi connectivity index (χ4n) is 4.20. The molecule has 1 heterocycles. The minimum absolute atomic E-state index is 0.146. The summed E-state index contributed by atoms with van der Waals surface area (Å²) in [4.78, 5) is 27.8.